The van der Waals surface area contributed by atoms with Crippen LogP contribution in [0.25, 0.3) is 0 Å². The molecular weight excluding hydrogens is 264 g/mol. The maximum absolute atomic E-state index is 12.2. The maximum Gasteiger partial charge on any atom is 0.251 e. The summed E-state index contributed by atoms with van der Waals surface area (Å²) in [7, 11) is 0. The molecule has 0 fully saturated rings. The van der Waals surface area contributed by atoms with Gasteiger partial charge < -0.3 is 10.6 Å². The Labute approximate surface area is 127 Å². The topological polar surface area (TPSA) is 58.2 Å². The number of carbonyl (C=O) groups excluding carboxylic acids is 2. The van der Waals surface area contributed by atoms with E-state index in [2.05, 4.69) is 24.5 Å². The molecule has 2 amide bonds. The largest absolute Gasteiger partial charge is 0.349 e. The van der Waals surface area contributed by atoms with E-state index in [1.807, 2.05) is 20.8 Å². The lowest BCUT2D eigenvalue weighted by Crippen LogP contribution is -2.34. The third-order valence-corrected chi connectivity index (χ3v) is 3.38. The molecule has 0 unspecified atom stereocenters. The minimum Gasteiger partial charge on any atom is -0.349 e. The fourth-order valence-electron chi connectivity index (χ4n) is 1.82. The second kappa shape index (κ2) is 7.25. The molecule has 0 radical (unpaired) electrons. The van der Waals surface area contributed by atoms with Crippen LogP contribution in [-0.2, 0) is 4.79 Å². The van der Waals surface area contributed by atoms with Crippen LogP contribution >= 0.6 is 0 Å². The van der Waals surface area contributed by atoms with Gasteiger partial charge in [0, 0.05) is 22.7 Å². The van der Waals surface area contributed by atoms with Crippen LogP contribution in [0.15, 0.2) is 24.3 Å². The zero-order valence-electron chi connectivity index (χ0n) is 13.6. The third-order valence-electron chi connectivity index (χ3n) is 3.38. The zero-order valence-corrected chi connectivity index (χ0v) is 13.6. The van der Waals surface area contributed by atoms with Crippen LogP contribution in [0.2, 0.25) is 0 Å². The fourth-order valence-corrected chi connectivity index (χ4v) is 1.82. The average Bonchev–Trinajstić information content (AvgIpc) is 2.43. The first-order chi connectivity index (χ1) is 9.77. The van der Waals surface area contributed by atoms with Crippen molar-refractivity contribution in [3.63, 3.8) is 0 Å². The summed E-state index contributed by atoms with van der Waals surface area (Å²) in [5.41, 5.74) is 0.745. The van der Waals surface area contributed by atoms with Crippen LogP contribution in [0.3, 0.4) is 0 Å². The normalized spacial score (nSPS) is 11.3. The molecule has 1 rings (SSSR count). The molecule has 0 saturated heterocycles. The molecule has 0 saturated carbocycles. The molecule has 1 aromatic carbocycles. The zero-order chi connectivity index (χ0) is 16.0. The Kier molecular flexibility index (Phi) is 5.94. The van der Waals surface area contributed by atoms with Gasteiger partial charge in [0.05, 0.1) is 0 Å². The van der Waals surface area contributed by atoms with Crippen molar-refractivity contribution in [1.82, 2.24) is 5.32 Å². The highest BCUT2D eigenvalue weighted by atomic mass is 16.2. The molecule has 0 spiro atoms. The minimum atomic E-state index is -0.465. The predicted octanol–water partition coefficient (Wildman–Crippen LogP) is 3.59. The standard InChI is InChI=1S/C17H26N2O2/c1-6-13(7-2)18-15(20)12-9-8-10-14(11-12)19-16(21)17(3,4)5/h8-11,13H,6-7H2,1-5H3,(H,18,20)(H,19,21). The molecule has 21 heavy (non-hydrogen) atoms. The molecule has 116 valence electrons. The van der Waals surface area contributed by atoms with Crippen molar-refractivity contribution < 1.29 is 9.59 Å². The molecule has 0 atom stereocenters. The monoisotopic (exact) mass is 290 g/mol. The summed E-state index contributed by atoms with van der Waals surface area (Å²) in [4.78, 5) is 24.2. The molecule has 1 aromatic rings. The van der Waals surface area contributed by atoms with Crippen molar-refractivity contribution in [2.75, 3.05) is 5.32 Å². The minimum absolute atomic E-state index is 0.0694. The molecule has 0 aromatic heterocycles. The Bertz CT molecular complexity index is 500. The van der Waals surface area contributed by atoms with Gasteiger partial charge >= 0.3 is 0 Å². The predicted molar refractivity (Wildman–Crippen MR) is 86.4 cm³/mol. The molecule has 0 bridgehead atoms. The lowest BCUT2D eigenvalue weighted by molar-refractivity contribution is -0.123. The van der Waals surface area contributed by atoms with Gasteiger partial charge in [0.1, 0.15) is 0 Å². The smallest absolute Gasteiger partial charge is 0.251 e. The van der Waals surface area contributed by atoms with Crippen molar-refractivity contribution in [3.05, 3.63) is 29.8 Å². The number of hydrogen-bond donors (Lipinski definition) is 2. The van der Waals surface area contributed by atoms with Crippen LogP contribution in [0.5, 0.6) is 0 Å². The summed E-state index contributed by atoms with van der Waals surface area (Å²) in [5.74, 6) is -0.171. The Morgan fingerprint density at radius 1 is 1.14 bits per heavy atom. The van der Waals surface area contributed by atoms with Crippen LogP contribution in [0, 0.1) is 5.41 Å². The molecule has 0 heterocycles. The lowest BCUT2D eigenvalue weighted by atomic mass is 9.95. The van der Waals surface area contributed by atoms with Crippen LogP contribution in [0.1, 0.15) is 57.8 Å². The molecular formula is C17H26N2O2. The maximum atomic E-state index is 12.2. The molecule has 2 N–H and O–H groups in total. The summed E-state index contributed by atoms with van der Waals surface area (Å²) in [6.07, 6.45) is 1.81. The Morgan fingerprint density at radius 3 is 2.29 bits per heavy atom. The second-order valence-electron chi connectivity index (χ2n) is 6.27. The fraction of sp³-hybridized carbons (Fsp3) is 0.529. The second-order valence-corrected chi connectivity index (χ2v) is 6.27. The van der Waals surface area contributed by atoms with Gasteiger partial charge in [-0.05, 0) is 31.0 Å². The van der Waals surface area contributed by atoms with Gasteiger partial charge in [-0.2, -0.15) is 0 Å². The van der Waals surface area contributed by atoms with Crippen molar-refractivity contribution in [2.24, 2.45) is 5.41 Å². The summed E-state index contributed by atoms with van der Waals surface area (Å²) >= 11 is 0. The molecule has 0 aliphatic heterocycles. The van der Waals surface area contributed by atoms with E-state index >= 15 is 0 Å². The molecule has 4 nitrogen and oxygen atoms in total. The van der Waals surface area contributed by atoms with E-state index in [9.17, 15) is 9.59 Å². The highest BCUT2D eigenvalue weighted by molar-refractivity contribution is 5.98. The first-order valence-corrected chi connectivity index (χ1v) is 7.50. The van der Waals surface area contributed by atoms with Crippen molar-refractivity contribution in [2.45, 2.75) is 53.5 Å². The highest BCUT2D eigenvalue weighted by Gasteiger charge is 2.21. The summed E-state index contributed by atoms with van der Waals surface area (Å²) in [5, 5.41) is 5.83. The number of anilines is 1. The van der Waals surface area contributed by atoms with Crippen molar-refractivity contribution in [1.29, 1.82) is 0 Å². The molecule has 0 aliphatic rings. The third kappa shape index (κ3) is 5.21. The van der Waals surface area contributed by atoms with Crippen LogP contribution < -0.4 is 10.6 Å². The number of hydrogen-bond acceptors (Lipinski definition) is 2. The van der Waals surface area contributed by atoms with Crippen molar-refractivity contribution >= 4 is 17.5 Å². The van der Waals surface area contributed by atoms with Crippen LogP contribution in [-0.4, -0.2) is 17.9 Å². The average molecular weight is 290 g/mol. The number of carbonyl (C=O) groups is 2. The summed E-state index contributed by atoms with van der Waals surface area (Å²) in [6, 6.07) is 7.22. The first-order valence-electron chi connectivity index (χ1n) is 7.50. The number of amides is 2. The van der Waals surface area contributed by atoms with Crippen molar-refractivity contribution in [3.8, 4) is 0 Å². The Hall–Kier alpha value is -1.84. The Morgan fingerprint density at radius 2 is 1.76 bits per heavy atom. The number of rotatable bonds is 5. The van der Waals surface area contributed by atoms with Gasteiger partial charge in [0.25, 0.3) is 5.91 Å². The SMILES string of the molecule is CCC(CC)NC(=O)c1cccc(NC(=O)C(C)(C)C)c1. The van der Waals surface area contributed by atoms with Crippen LogP contribution in [0.4, 0.5) is 5.69 Å². The number of benzene rings is 1. The molecule has 0 aliphatic carbocycles. The quantitative estimate of drug-likeness (QED) is 0.870. The van der Waals surface area contributed by atoms with Gasteiger partial charge in [-0.3, -0.25) is 9.59 Å². The van der Waals surface area contributed by atoms with Gasteiger partial charge in [-0.25, -0.2) is 0 Å². The summed E-state index contributed by atoms with van der Waals surface area (Å²) in [6.45, 7) is 9.66. The lowest BCUT2D eigenvalue weighted by Gasteiger charge is -2.18. The first kappa shape index (κ1) is 17.2. The van der Waals surface area contributed by atoms with E-state index in [0.717, 1.165) is 12.8 Å². The number of nitrogens with one attached hydrogen (secondary N) is 2. The van der Waals surface area contributed by atoms with E-state index in [1.54, 1.807) is 24.3 Å². The van der Waals surface area contributed by atoms with Gasteiger partial charge in [-0.15, -0.1) is 0 Å². The van der Waals surface area contributed by atoms with E-state index in [4.69, 9.17) is 0 Å². The van der Waals surface area contributed by atoms with E-state index in [0.29, 0.717) is 11.3 Å². The van der Waals surface area contributed by atoms with Gasteiger partial charge in [0.2, 0.25) is 5.91 Å². The molecule has 4 heteroatoms. The van der Waals surface area contributed by atoms with Gasteiger partial charge in [0.15, 0.2) is 0 Å². The van der Waals surface area contributed by atoms with E-state index in [-0.39, 0.29) is 17.9 Å². The highest BCUT2D eigenvalue weighted by Crippen LogP contribution is 2.18. The van der Waals surface area contributed by atoms with E-state index < -0.39 is 5.41 Å². The van der Waals surface area contributed by atoms with Gasteiger partial charge in [-0.1, -0.05) is 40.7 Å². The van der Waals surface area contributed by atoms with E-state index in [1.165, 1.54) is 0 Å². The summed E-state index contributed by atoms with van der Waals surface area (Å²) < 4.78 is 0. The Balaban J connectivity index is 2.81.